The first-order valence-electron chi connectivity index (χ1n) is 8.55. The third kappa shape index (κ3) is 4.62. The van der Waals surface area contributed by atoms with E-state index in [-0.39, 0.29) is 11.9 Å². The van der Waals surface area contributed by atoms with E-state index in [1.54, 1.807) is 6.07 Å². The number of aromatic nitrogens is 3. The molecule has 0 amide bonds. The van der Waals surface area contributed by atoms with Gasteiger partial charge in [-0.1, -0.05) is 35.5 Å². The molecule has 1 heterocycles. The van der Waals surface area contributed by atoms with Crippen molar-refractivity contribution in [1.82, 2.24) is 14.8 Å². The molecule has 0 radical (unpaired) electrons. The van der Waals surface area contributed by atoms with E-state index in [9.17, 15) is 4.39 Å². The van der Waals surface area contributed by atoms with E-state index in [2.05, 4.69) is 10.2 Å². The van der Waals surface area contributed by atoms with E-state index >= 15 is 0 Å². The van der Waals surface area contributed by atoms with Crippen LogP contribution in [0.3, 0.4) is 0 Å². The molecule has 1 atom stereocenters. The Labute approximate surface area is 167 Å². The molecule has 1 unspecified atom stereocenters. The average molecular weight is 406 g/mol. The summed E-state index contributed by atoms with van der Waals surface area (Å²) in [4.78, 5) is 0. The number of rotatable bonds is 6. The molecule has 0 fully saturated rings. The highest BCUT2D eigenvalue weighted by molar-refractivity contribution is 7.98. The fourth-order valence-corrected chi connectivity index (χ4v) is 3.78. The van der Waals surface area contributed by atoms with Gasteiger partial charge >= 0.3 is 0 Å². The molecule has 2 aromatic carbocycles. The van der Waals surface area contributed by atoms with E-state index in [1.807, 2.05) is 50.6 Å². The molecule has 0 aliphatic rings. The summed E-state index contributed by atoms with van der Waals surface area (Å²) < 4.78 is 21.3. The molecule has 3 rings (SSSR count). The first-order chi connectivity index (χ1) is 12.8. The van der Waals surface area contributed by atoms with Crippen LogP contribution in [0.1, 0.15) is 35.5 Å². The largest absolute Gasteiger partial charge is 0.483 e. The molecule has 7 heteroatoms. The lowest BCUT2D eigenvalue weighted by Crippen LogP contribution is -2.10. The molecule has 0 N–H and O–H groups in total. The molecule has 0 bridgehead atoms. The van der Waals surface area contributed by atoms with Crippen molar-refractivity contribution in [2.24, 2.45) is 7.05 Å². The Bertz CT molecular complexity index is 937. The fraction of sp³-hybridized carbons (Fsp3) is 0.300. The fourth-order valence-electron chi connectivity index (χ4n) is 2.81. The van der Waals surface area contributed by atoms with Gasteiger partial charge in [0.15, 0.2) is 17.1 Å². The van der Waals surface area contributed by atoms with Gasteiger partial charge in [0.25, 0.3) is 0 Å². The van der Waals surface area contributed by atoms with Crippen molar-refractivity contribution in [2.45, 2.75) is 37.8 Å². The van der Waals surface area contributed by atoms with Crippen LogP contribution >= 0.6 is 23.4 Å². The van der Waals surface area contributed by atoms with Crippen molar-refractivity contribution in [3.05, 3.63) is 69.8 Å². The van der Waals surface area contributed by atoms with Gasteiger partial charge < -0.3 is 9.30 Å². The molecule has 142 valence electrons. The minimum atomic E-state index is -0.272. The molecule has 27 heavy (non-hydrogen) atoms. The molecule has 0 aliphatic carbocycles. The van der Waals surface area contributed by atoms with Gasteiger partial charge in [0.2, 0.25) is 0 Å². The normalized spacial score (nSPS) is 12.2. The van der Waals surface area contributed by atoms with E-state index in [0.29, 0.717) is 5.75 Å². The second-order valence-electron chi connectivity index (χ2n) is 6.45. The summed E-state index contributed by atoms with van der Waals surface area (Å²) in [6, 6.07) is 10.4. The highest BCUT2D eigenvalue weighted by Gasteiger charge is 2.18. The van der Waals surface area contributed by atoms with Crippen LogP contribution < -0.4 is 4.74 Å². The van der Waals surface area contributed by atoms with Crippen LogP contribution in [0.2, 0.25) is 5.02 Å². The average Bonchev–Trinajstić information content (AvgIpc) is 2.98. The Hall–Kier alpha value is -2.05. The van der Waals surface area contributed by atoms with Gasteiger partial charge in [-0.25, -0.2) is 4.39 Å². The Balaban J connectivity index is 1.70. The summed E-state index contributed by atoms with van der Waals surface area (Å²) in [6.45, 7) is 5.84. The van der Waals surface area contributed by atoms with Crippen LogP contribution in [0, 0.1) is 19.7 Å². The molecular weight excluding hydrogens is 385 g/mol. The minimum absolute atomic E-state index is 0.234. The molecule has 3 aromatic rings. The van der Waals surface area contributed by atoms with E-state index < -0.39 is 0 Å². The quantitative estimate of drug-likeness (QED) is 0.496. The van der Waals surface area contributed by atoms with Gasteiger partial charge in [-0.3, -0.25) is 0 Å². The topological polar surface area (TPSA) is 39.9 Å². The molecular formula is C20H21ClFN3OS. The molecule has 0 saturated carbocycles. The second kappa shape index (κ2) is 8.31. The van der Waals surface area contributed by atoms with Gasteiger partial charge in [0.05, 0.1) is 0 Å². The van der Waals surface area contributed by atoms with Gasteiger partial charge in [-0.15, -0.1) is 10.2 Å². The number of hydrogen-bond acceptors (Lipinski definition) is 4. The van der Waals surface area contributed by atoms with E-state index in [1.165, 1.54) is 23.9 Å². The summed E-state index contributed by atoms with van der Waals surface area (Å²) >= 11 is 7.73. The summed E-state index contributed by atoms with van der Waals surface area (Å²) in [5, 5.41) is 10.0. The van der Waals surface area contributed by atoms with Crippen molar-refractivity contribution >= 4 is 23.4 Å². The lowest BCUT2D eigenvalue weighted by atomic mass is 10.1. The number of hydrogen-bond donors (Lipinski definition) is 0. The number of nitrogens with zero attached hydrogens (tertiary/aromatic N) is 3. The van der Waals surface area contributed by atoms with Gasteiger partial charge in [0.1, 0.15) is 11.6 Å². The zero-order valence-electron chi connectivity index (χ0n) is 15.7. The number of ether oxygens (including phenoxy) is 1. The Morgan fingerprint density at radius 1 is 1.19 bits per heavy atom. The highest BCUT2D eigenvalue weighted by Crippen LogP contribution is 2.29. The van der Waals surface area contributed by atoms with E-state index in [4.69, 9.17) is 16.3 Å². The van der Waals surface area contributed by atoms with Crippen LogP contribution in [0.5, 0.6) is 5.75 Å². The van der Waals surface area contributed by atoms with Crippen molar-refractivity contribution in [2.75, 3.05) is 0 Å². The number of benzene rings is 2. The predicted octanol–water partition coefficient (Wildman–Crippen LogP) is 5.66. The number of aryl methyl sites for hydroxylation is 2. The maximum Gasteiger partial charge on any atom is 0.191 e. The van der Waals surface area contributed by atoms with Crippen molar-refractivity contribution in [1.29, 1.82) is 0 Å². The zero-order chi connectivity index (χ0) is 19.6. The maximum absolute atomic E-state index is 13.3. The Morgan fingerprint density at radius 2 is 1.89 bits per heavy atom. The SMILES string of the molecule is Cc1cc(OC(C)c2nnc(SCc3cccc(F)c3)n2C)cc(C)c1Cl. The smallest absolute Gasteiger partial charge is 0.191 e. The van der Waals surface area contributed by atoms with Crippen molar-refractivity contribution in [3.8, 4) is 5.75 Å². The molecule has 0 aliphatic heterocycles. The summed E-state index contributed by atoms with van der Waals surface area (Å²) in [7, 11) is 1.90. The maximum atomic E-state index is 13.3. The third-order valence-electron chi connectivity index (χ3n) is 4.21. The summed E-state index contributed by atoms with van der Waals surface area (Å²) in [6.07, 6.45) is -0.272. The van der Waals surface area contributed by atoms with Crippen LogP contribution in [-0.2, 0) is 12.8 Å². The number of halogens is 2. The zero-order valence-corrected chi connectivity index (χ0v) is 17.2. The first-order valence-corrected chi connectivity index (χ1v) is 9.91. The highest BCUT2D eigenvalue weighted by atomic mass is 35.5. The standard InChI is InChI=1S/C20H21ClFN3OS/c1-12-8-17(9-13(2)18(12)21)26-14(3)19-23-24-20(25(19)4)27-11-15-6-5-7-16(22)10-15/h5-10,14H,11H2,1-4H3. The third-order valence-corrected chi connectivity index (χ3v) is 5.90. The predicted molar refractivity (Wildman–Crippen MR) is 107 cm³/mol. The van der Waals surface area contributed by atoms with Crippen LogP contribution in [0.4, 0.5) is 4.39 Å². The Kier molecular flexibility index (Phi) is 6.07. The van der Waals surface area contributed by atoms with Crippen LogP contribution in [0.25, 0.3) is 0 Å². The van der Waals surface area contributed by atoms with Crippen LogP contribution in [-0.4, -0.2) is 14.8 Å². The molecule has 0 spiro atoms. The summed E-state index contributed by atoms with van der Waals surface area (Å²) in [5.41, 5.74) is 2.85. The van der Waals surface area contributed by atoms with E-state index in [0.717, 1.165) is 38.4 Å². The van der Waals surface area contributed by atoms with Gasteiger partial charge in [0, 0.05) is 17.8 Å². The second-order valence-corrected chi connectivity index (χ2v) is 7.77. The monoisotopic (exact) mass is 405 g/mol. The molecule has 0 saturated heterocycles. The molecule has 1 aromatic heterocycles. The van der Waals surface area contributed by atoms with Gasteiger partial charge in [-0.2, -0.15) is 0 Å². The van der Waals surface area contributed by atoms with Gasteiger partial charge in [-0.05, 0) is 61.7 Å². The van der Waals surface area contributed by atoms with Crippen molar-refractivity contribution < 1.29 is 9.13 Å². The lowest BCUT2D eigenvalue weighted by molar-refractivity contribution is 0.211. The Morgan fingerprint density at radius 3 is 2.56 bits per heavy atom. The first kappa shape index (κ1) is 19.7. The lowest BCUT2D eigenvalue weighted by Gasteiger charge is -2.16. The summed E-state index contributed by atoms with van der Waals surface area (Å²) in [5.74, 6) is 1.86. The number of thioether (sulfide) groups is 1. The van der Waals surface area contributed by atoms with Crippen molar-refractivity contribution in [3.63, 3.8) is 0 Å². The molecule has 4 nitrogen and oxygen atoms in total. The minimum Gasteiger partial charge on any atom is -0.483 e. The van der Waals surface area contributed by atoms with Crippen LogP contribution in [0.15, 0.2) is 41.6 Å².